The molecule has 168 valence electrons. The highest BCUT2D eigenvalue weighted by Gasteiger charge is 2.31. The van der Waals surface area contributed by atoms with Crippen LogP contribution >= 0.6 is 23.4 Å². The molecule has 1 aliphatic rings. The molecule has 0 saturated heterocycles. The summed E-state index contributed by atoms with van der Waals surface area (Å²) in [6.45, 7) is 2.15. The third-order valence-corrected chi connectivity index (χ3v) is 6.91. The van der Waals surface area contributed by atoms with E-state index in [4.69, 9.17) is 16.3 Å². The van der Waals surface area contributed by atoms with E-state index in [0.29, 0.717) is 16.8 Å². The fourth-order valence-corrected chi connectivity index (χ4v) is 4.80. The second-order valence-corrected chi connectivity index (χ2v) is 9.71. The SMILES string of the molecule is CC(Sc1nnc(COc2ccccc2Cl)n1C1CC1)C(=O)Nc1cccc2ccccc12. The van der Waals surface area contributed by atoms with Crippen LogP contribution in [0, 0.1) is 0 Å². The third-order valence-electron chi connectivity index (χ3n) is 5.54. The number of anilines is 1. The topological polar surface area (TPSA) is 69.0 Å². The highest BCUT2D eigenvalue weighted by molar-refractivity contribution is 8.00. The Morgan fingerprint density at radius 2 is 1.88 bits per heavy atom. The number of amides is 1. The maximum Gasteiger partial charge on any atom is 0.237 e. The highest BCUT2D eigenvalue weighted by atomic mass is 35.5. The Bertz CT molecular complexity index is 1300. The van der Waals surface area contributed by atoms with E-state index in [1.807, 2.05) is 67.6 Å². The Kier molecular flexibility index (Phi) is 6.24. The maximum atomic E-state index is 13.0. The Hall–Kier alpha value is -3.03. The maximum absolute atomic E-state index is 13.0. The molecule has 0 radical (unpaired) electrons. The number of para-hydroxylation sites is 1. The van der Waals surface area contributed by atoms with E-state index >= 15 is 0 Å². The van der Waals surface area contributed by atoms with E-state index in [1.54, 1.807) is 6.07 Å². The van der Waals surface area contributed by atoms with Crippen molar-refractivity contribution in [3.05, 3.63) is 77.6 Å². The smallest absolute Gasteiger partial charge is 0.237 e. The molecule has 1 aromatic heterocycles. The molecular formula is C25H23ClN4O2S. The van der Waals surface area contributed by atoms with Gasteiger partial charge in [0.1, 0.15) is 12.4 Å². The van der Waals surface area contributed by atoms with E-state index in [9.17, 15) is 4.79 Å². The summed E-state index contributed by atoms with van der Waals surface area (Å²) in [5.41, 5.74) is 0.808. The Morgan fingerprint density at radius 3 is 2.70 bits per heavy atom. The van der Waals surface area contributed by atoms with Crippen molar-refractivity contribution in [2.75, 3.05) is 5.32 Å². The van der Waals surface area contributed by atoms with Crippen molar-refractivity contribution in [1.82, 2.24) is 14.8 Å². The summed E-state index contributed by atoms with van der Waals surface area (Å²) in [6.07, 6.45) is 2.14. The lowest BCUT2D eigenvalue weighted by Crippen LogP contribution is -2.23. The number of rotatable bonds is 8. The first-order valence-electron chi connectivity index (χ1n) is 10.9. The minimum Gasteiger partial charge on any atom is -0.484 e. The van der Waals surface area contributed by atoms with Gasteiger partial charge < -0.3 is 10.1 Å². The molecule has 0 bridgehead atoms. The highest BCUT2D eigenvalue weighted by Crippen LogP contribution is 2.40. The summed E-state index contributed by atoms with van der Waals surface area (Å²) < 4.78 is 7.98. The largest absolute Gasteiger partial charge is 0.484 e. The number of benzene rings is 3. The quantitative estimate of drug-likeness (QED) is 0.309. The van der Waals surface area contributed by atoms with Gasteiger partial charge in [0.15, 0.2) is 11.0 Å². The molecule has 1 unspecified atom stereocenters. The van der Waals surface area contributed by atoms with Gasteiger partial charge in [-0.25, -0.2) is 0 Å². The fourth-order valence-electron chi connectivity index (χ4n) is 3.67. The van der Waals surface area contributed by atoms with Crippen LogP contribution in [-0.4, -0.2) is 25.9 Å². The van der Waals surface area contributed by atoms with Gasteiger partial charge in [0.05, 0.1) is 10.3 Å². The number of carbonyl (C=O) groups is 1. The van der Waals surface area contributed by atoms with Gasteiger partial charge in [0.2, 0.25) is 5.91 Å². The van der Waals surface area contributed by atoms with Crippen LogP contribution in [0.4, 0.5) is 5.69 Å². The molecule has 1 saturated carbocycles. The molecule has 3 aromatic carbocycles. The molecule has 6 nitrogen and oxygen atoms in total. The molecule has 1 heterocycles. The van der Waals surface area contributed by atoms with Crippen LogP contribution in [0.5, 0.6) is 5.75 Å². The van der Waals surface area contributed by atoms with Gasteiger partial charge in [0.25, 0.3) is 0 Å². The molecule has 5 rings (SSSR count). The molecule has 1 fully saturated rings. The van der Waals surface area contributed by atoms with Crippen molar-refractivity contribution in [3.8, 4) is 5.75 Å². The number of nitrogens with one attached hydrogen (secondary N) is 1. The van der Waals surface area contributed by atoms with Gasteiger partial charge in [-0.3, -0.25) is 9.36 Å². The molecule has 4 aromatic rings. The van der Waals surface area contributed by atoms with Crippen LogP contribution in [0.25, 0.3) is 10.8 Å². The van der Waals surface area contributed by atoms with Crippen molar-refractivity contribution in [3.63, 3.8) is 0 Å². The van der Waals surface area contributed by atoms with Crippen LogP contribution in [-0.2, 0) is 11.4 Å². The first-order chi connectivity index (χ1) is 16.1. The Labute approximate surface area is 201 Å². The number of ether oxygens (including phenoxy) is 1. The first kappa shape index (κ1) is 21.8. The lowest BCUT2D eigenvalue weighted by Gasteiger charge is -2.15. The van der Waals surface area contributed by atoms with Crippen molar-refractivity contribution in [1.29, 1.82) is 0 Å². The summed E-state index contributed by atoms with van der Waals surface area (Å²) in [4.78, 5) is 13.0. The number of hydrogen-bond donors (Lipinski definition) is 1. The van der Waals surface area contributed by atoms with Crippen molar-refractivity contribution >= 4 is 45.7 Å². The zero-order valence-corrected chi connectivity index (χ0v) is 19.6. The Morgan fingerprint density at radius 1 is 1.12 bits per heavy atom. The van der Waals surface area contributed by atoms with Gasteiger partial charge in [-0.15, -0.1) is 10.2 Å². The molecule has 8 heteroatoms. The van der Waals surface area contributed by atoms with Crippen molar-refractivity contribution in [2.45, 2.75) is 42.8 Å². The number of carbonyl (C=O) groups excluding carboxylic acids is 1. The summed E-state index contributed by atoms with van der Waals surface area (Å²) in [5.74, 6) is 1.28. The number of nitrogens with zero attached hydrogens (tertiary/aromatic N) is 3. The van der Waals surface area contributed by atoms with E-state index in [2.05, 4.69) is 20.1 Å². The molecule has 1 atom stereocenters. The second kappa shape index (κ2) is 9.45. The van der Waals surface area contributed by atoms with Crippen LogP contribution in [0.2, 0.25) is 5.02 Å². The molecular weight excluding hydrogens is 456 g/mol. The van der Waals surface area contributed by atoms with E-state index < -0.39 is 0 Å². The van der Waals surface area contributed by atoms with E-state index in [1.165, 1.54) is 11.8 Å². The van der Waals surface area contributed by atoms with Crippen LogP contribution in [0.3, 0.4) is 0 Å². The van der Waals surface area contributed by atoms with E-state index in [0.717, 1.165) is 40.3 Å². The summed E-state index contributed by atoms with van der Waals surface area (Å²) in [7, 11) is 0. The molecule has 33 heavy (non-hydrogen) atoms. The number of aromatic nitrogens is 3. The van der Waals surface area contributed by atoms with E-state index in [-0.39, 0.29) is 17.8 Å². The van der Waals surface area contributed by atoms with Crippen LogP contribution in [0.15, 0.2) is 71.9 Å². The molecule has 0 spiro atoms. The van der Waals surface area contributed by atoms with Gasteiger partial charge >= 0.3 is 0 Å². The standard InChI is InChI=1S/C25H23ClN4O2S/c1-16(24(31)27-21-11-6-8-17-7-2-3-9-19(17)21)33-25-29-28-23(30(25)18-13-14-18)15-32-22-12-5-4-10-20(22)26/h2-12,16,18H,13-15H2,1H3,(H,27,31). The van der Waals surface area contributed by atoms with Crippen LogP contribution in [0.1, 0.15) is 31.6 Å². The third kappa shape index (κ3) is 4.84. The van der Waals surface area contributed by atoms with Gasteiger partial charge in [-0.2, -0.15) is 0 Å². The van der Waals surface area contributed by atoms with Crippen LogP contribution < -0.4 is 10.1 Å². The number of fused-ring (bicyclic) bond motifs is 1. The van der Waals surface area contributed by atoms with Gasteiger partial charge in [-0.05, 0) is 43.4 Å². The fraction of sp³-hybridized carbons (Fsp3) is 0.240. The average Bonchev–Trinajstić information content (AvgIpc) is 3.59. The van der Waals surface area contributed by atoms with Gasteiger partial charge in [0, 0.05) is 17.1 Å². The summed E-state index contributed by atoms with van der Waals surface area (Å²) >= 11 is 7.61. The zero-order valence-electron chi connectivity index (χ0n) is 18.1. The normalized spacial score (nSPS) is 14.2. The number of hydrogen-bond acceptors (Lipinski definition) is 5. The predicted molar refractivity (Wildman–Crippen MR) is 132 cm³/mol. The zero-order chi connectivity index (χ0) is 22.8. The average molecular weight is 479 g/mol. The molecule has 1 amide bonds. The predicted octanol–water partition coefficient (Wildman–Crippen LogP) is 6.12. The molecule has 1 N–H and O–H groups in total. The Balaban J connectivity index is 1.29. The number of thioether (sulfide) groups is 1. The summed E-state index contributed by atoms with van der Waals surface area (Å²) in [5, 5.41) is 14.9. The first-order valence-corrected chi connectivity index (χ1v) is 12.1. The number of halogens is 1. The minimum absolute atomic E-state index is 0.0735. The van der Waals surface area contributed by atoms with Crippen molar-refractivity contribution < 1.29 is 9.53 Å². The lowest BCUT2D eigenvalue weighted by molar-refractivity contribution is -0.115. The lowest BCUT2D eigenvalue weighted by atomic mass is 10.1. The second-order valence-electron chi connectivity index (χ2n) is 8.00. The van der Waals surface area contributed by atoms with Gasteiger partial charge in [-0.1, -0.05) is 71.9 Å². The minimum atomic E-state index is -0.344. The van der Waals surface area contributed by atoms with Crippen molar-refractivity contribution in [2.24, 2.45) is 0 Å². The summed E-state index contributed by atoms with van der Waals surface area (Å²) in [6, 6.07) is 21.6. The molecule has 0 aliphatic heterocycles. The monoisotopic (exact) mass is 478 g/mol. The molecule has 1 aliphatic carbocycles.